The van der Waals surface area contributed by atoms with Crippen LogP contribution in [0.5, 0.6) is 0 Å². The first-order valence-electron chi connectivity index (χ1n) is 7.27. The summed E-state index contributed by atoms with van der Waals surface area (Å²) in [7, 11) is 0. The third kappa shape index (κ3) is 3.60. The number of nitrogens with zero attached hydrogens (tertiary/aromatic N) is 2. The van der Waals surface area contributed by atoms with Gasteiger partial charge in [0.25, 0.3) is 0 Å². The molecule has 1 fully saturated rings. The summed E-state index contributed by atoms with van der Waals surface area (Å²) in [6.07, 6.45) is 10.6. The van der Waals surface area contributed by atoms with Gasteiger partial charge in [-0.05, 0) is 30.5 Å². The maximum atomic E-state index is 6.20. The van der Waals surface area contributed by atoms with Gasteiger partial charge in [-0.3, -0.25) is 0 Å². The van der Waals surface area contributed by atoms with Crippen molar-refractivity contribution in [1.82, 2.24) is 9.55 Å². The van der Waals surface area contributed by atoms with Crippen molar-refractivity contribution < 1.29 is 4.74 Å². The second-order valence-electron chi connectivity index (χ2n) is 5.45. The molecule has 0 aliphatic heterocycles. The fourth-order valence-electron chi connectivity index (χ4n) is 2.91. The number of halogens is 2. The molecule has 1 saturated carbocycles. The first-order valence-corrected chi connectivity index (χ1v) is 8.02. The lowest BCUT2D eigenvalue weighted by atomic mass is 9.92. The molecule has 3 rings (SSSR count). The maximum absolute atomic E-state index is 6.20. The van der Waals surface area contributed by atoms with Crippen LogP contribution in [-0.2, 0) is 11.3 Å². The van der Waals surface area contributed by atoms with Crippen molar-refractivity contribution in [3.8, 4) is 0 Å². The highest BCUT2D eigenvalue weighted by atomic mass is 35.5. The van der Waals surface area contributed by atoms with E-state index in [1.165, 1.54) is 12.8 Å². The van der Waals surface area contributed by atoms with E-state index >= 15 is 0 Å². The molecule has 3 nitrogen and oxygen atoms in total. The lowest BCUT2D eigenvalue weighted by Crippen LogP contribution is -2.29. The molecule has 0 amide bonds. The van der Waals surface area contributed by atoms with E-state index < -0.39 is 0 Å². The number of ether oxygens (including phenoxy) is 1. The van der Waals surface area contributed by atoms with E-state index in [9.17, 15) is 0 Å². The number of benzene rings is 1. The smallest absolute Gasteiger partial charge is 0.0949 e. The first-order chi connectivity index (χ1) is 10.2. The normalized spacial score (nSPS) is 22.4. The number of aromatic nitrogens is 2. The van der Waals surface area contributed by atoms with Crippen LogP contribution in [0.2, 0.25) is 10.0 Å². The van der Waals surface area contributed by atoms with E-state index in [0.717, 1.165) is 18.4 Å². The number of hydrogen-bond acceptors (Lipinski definition) is 2. The summed E-state index contributed by atoms with van der Waals surface area (Å²) in [5.41, 5.74) is 0.982. The molecular formula is C16H18Cl2N2O. The van der Waals surface area contributed by atoms with Crippen molar-refractivity contribution in [2.24, 2.45) is 0 Å². The molecule has 1 aromatic carbocycles. The molecule has 0 unspecified atom stereocenters. The van der Waals surface area contributed by atoms with Crippen LogP contribution in [0.1, 0.15) is 37.3 Å². The summed E-state index contributed by atoms with van der Waals surface area (Å²) in [6.45, 7) is 0.520. The van der Waals surface area contributed by atoms with Crippen molar-refractivity contribution in [3.63, 3.8) is 0 Å². The zero-order valence-electron chi connectivity index (χ0n) is 11.7. The fraction of sp³-hybridized carbons (Fsp3) is 0.438. The van der Waals surface area contributed by atoms with Crippen LogP contribution in [0.15, 0.2) is 36.9 Å². The van der Waals surface area contributed by atoms with Gasteiger partial charge in [0.05, 0.1) is 25.1 Å². The third-order valence-corrected chi connectivity index (χ3v) is 4.63. The van der Waals surface area contributed by atoms with Crippen molar-refractivity contribution in [3.05, 3.63) is 52.5 Å². The predicted octanol–water partition coefficient (Wildman–Crippen LogP) is 4.89. The largest absolute Gasteiger partial charge is 0.371 e. The van der Waals surface area contributed by atoms with Crippen LogP contribution in [-0.4, -0.2) is 15.7 Å². The highest BCUT2D eigenvalue weighted by Crippen LogP contribution is 2.32. The molecule has 0 spiro atoms. The predicted molar refractivity (Wildman–Crippen MR) is 84.8 cm³/mol. The summed E-state index contributed by atoms with van der Waals surface area (Å²) in [5, 5.41) is 1.31. The summed E-state index contributed by atoms with van der Waals surface area (Å²) >= 11 is 12.1. The van der Waals surface area contributed by atoms with E-state index in [1.807, 2.05) is 30.9 Å². The zero-order valence-corrected chi connectivity index (χ0v) is 13.2. The second kappa shape index (κ2) is 6.82. The van der Waals surface area contributed by atoms with Gasteiger partial charge in [0.15, 0.2) is 0 Å². The van der Waals surface area contributed by atoms with Gasteiger partial charge >= 0.3 is 0 Å². The Hall–Kier alpha value is -1.03. The Labute approximate surface area is 134 Å². The van der Waals surface area contributed by atoms with E-state index in [0.29, 0.717) is 22.7 Å². The van der Waals surface area contributed by atoms with Crippen molar-refractivity contribution in [2.45, 2.75) is 44.4 Å². The molecule has 0 bridgehead atoms. The van der Waals surface area contributed by atoms with E-state index in [2.05, 4.69) is 9.55 Å². The number of hydrogen-bond donors (Lipinski definition) is 0. The topological polar surface area (TPSA) is 27.1 Å². The Bertz CT molecular complexity index is 586. The van der Waals surface area contributed by atoms with Crippen molar-refractivity contribution >= 4 is 23.2 Å². The Morgan fingerprint density at radius 2 is 2.10 bits per heavy atom. The molecule has 1 aliphatic rings. The molecule has 2 atom stereocenters. The summed E-state index contributed by atoms with van der Waals surface area (Å²) in [4.78, 5) is 4.15. The van der Waals surface area contributed by atoms with Crippen LogP contribution in [0, 0.1) is 0 Å². The van der Waals surface area contributed by atoms with E-state index in [-0.39, 0.29) is 6.10 Å². The lowest BCUT2D eigenvalue weighted by molar-refractivity contribution is -0.0162. The van der Waals surface area contributed by atoms with E-state index in [1.54, 1.807) is 6.07 Å². The second-order valence-corrected chi connectivity index (χ2v) is 6.29. The van der Waals surface area contributed by atoms with Gasteiger partial charge in [-0.2, -0.15) is 0 Å². The summed E-state index contributed by atoms with van der Waals surface area (Å²) < 4.78 is 8.31. The van der Waals surface area contributed by atoms with Gasteiger partial charge in [-0.15, -0.1) is 0 Å². The lowest BCUT2D eigenvalue weighted by Gasteiger charge is -2.32. The average molecular weight is 325 g/mol. The average Bonchev–Trinajstić information content (AvgIpc) is 3.01. The van der Waals surface area contributed by atoms with Gasteiger partial charge in [-0.25, -0.2) is 4.98 Å². The number of imidazole rings is 1. The van der Waals surface area contributed by atoms with E-state index in [4.69, 9.17) is 27.9 Å². The highest BCUT2D eigenvalue weighted by molar-refractivity contribution is 6.35. The molecular weight excluding hydrogens is 307 g/mol. The summed E-state index contributed by atoms with van der Waals surface area (Å²) in [5.74, 6) is 0. The molecule has 1 aliphatic carbocycles. The minimum atomic E-state index is 0.208. The van der Waals surface area contributed by atoms with Gasteiger partial charge in [0.1, 0.15) is 0 Å². The zero-order chi connectivity index (χ0) is 14.7. The molecule has 1 heterocycles. The van der Waals surface area contributed by atoms with Crippen LogP contribution in [0.4, 0.5) is 0 Å². The van der Waals surface area contributed by atoms with Gasteiger partial charge in [0.2, 0.25) is 0 Å². The molecule has 0 radical (unpaired) electrons. The maximum Gasteiger partial charge on any atom is 0.0949 e. The SMILES string of the molecule is Clc1ccc(CO[C@H]2CCCC[C@@H]2n2ccnc2)c(Cl)c1. The molecule has 0 saturated heterocycles. The minimum Gasteiger partial charge on any atom is -0.371 e. The van der Waals surface area contributed by atoms with Gasteiger partial charge < -0.3 is 9.30 Å². The standard InChI is InChI=1S/C16H18Cl2N2O/c17-13-6-5-12(14(18)9-13)10-21-16-4-2-1-3-15(16)20-8-7-19-11-20/h5-9,11,15-16H,1-4,10H2/t15-,16-/m0/s1. The Morgan fingerprint density at radius 3 is 2.86 bits per heavy atom. The monoisotopic (exact) mass is 324 g/mol. The Kier molecular flexibility index (Phi) is 4.84. The quantitative estimate of drug-likeness (QED) is 0.800. The van der Waals surface area contributed by atoms with Gasteiger partial charge in [-0.1, -0.05) is 42.1 Å². The van der Waals surface area contributed by atoms with Crippen molar-refractivity contribution in [2.75, 3.05) is 0 Å². The molecule has 0 N–H and O–H groups in total. The molecule has 2 aromatic rings. The van der Waals surface area contributed by atoms with Crippen LogP contribution < -0.4 is 0 Å². The fourth-order valence-corrected chi connectivity index (χ4v) is 3.38. The molecule has 112 valence electrons. The summed E-state index contributed by atoms with van der Waals surface area (Å²) in [6, 6.07) is 5.91. The van der Waals surface area contributed by atoms with Crippen molar-refractivity contribution in [1.29, 1.82) is 0 Å². The van der Waals surface area contributed by atoms with Crippen LogP contribution in [0.25, 0.3) is 0 Å². The highest BCUT2D eigenvalue weighted by Gasteiger charge is 2.27. The molecule has 1 aromatic heterocycles. The Morgan fingerprint density at radius 1 is 1.24 bits per heavy atom. The Balaban J connectivity index is 1.67. The minimum absolute atomic E-state index is 0.208. The van der Waals surface area contributed by atoms with Crippen LogP contribution >= 0.6 is 23.2 Å². The third-order valence-electron chi connectivity index (χ3n) is 4.04. The number of rotatable bonds is 4. The van der Waals surface area contributed by atoms with Crippen LogP contribution in [0.3, 0.4) is 0 Å². The molecule has 5 heteroatoms. The first kappa shape index (κ1) is 14.9. The molecule has 21 heavy (non-hydrogen) atoms. The van der Waals surface area contributed by atoms with Gasteiger partial charge in [0, 0.05) is 22.4 Å².